The molecule has 108 valence electrons. The van der Waals surface area contributed by atoms with Crippen LogP contribution in [0.15, 0.2) is 18.2 Å². The summed E-state index contributed by atoms with van der Waals surface area (Å²) in [5, 5.41) is 20.4. The van der Waals surface area contributed by atoms with E-state index in [1.807, 2.05) is 0 Å². The molecular weight excluding hydrogens is 277 g/mol. The molecule has 0 unspecified atom stereocenters. The van der Waals surface area contributed by atoms with Crippen molar-refractivity contribution in [3.63, 3.8) is 0 Å². The van der Waals surface area contributed by atoms with Gasteiger partial charge in [0.15, 0.2) is 11.7 Å². The van der Waals surface area contributed by atoms with Crippen LogP contribution in [0.25, 0.3) is 4.85 Å². The predicted octanol–water partition coefficient (Wildman–Crippen LogP) is 2.50. The molecule has 0 bridgehead atoms. The maximum atomic E-state index is 12.7. The number of carboxylic acids is 1. The molecule has 0 heterocycles. The summed E-state index contributed by atoms with van der Waals surface area (Å²) < 4.78 is 38.2. The van der Waals surface area contributed by atoms with Crippen LogP contribution in [0.4, 0.5) is 24.5 Å². The molecule has 0 aliphatic heterocycles. The summed E-state index contributed by atoms with van der Waals surface area (Å²) in [4.78, 5) is 13.6. The second kappa shape index (κ2) is 5.79. The lowest BCUT2D eigenvalue weighted by Crippen LogP contribution is -2.39. The molecule has 0 aliphatic rings. The van der Waals surface area contributed by atoms with E-state index in [4.69, 9.17) is 11.7 Å². The largest absolute Gasteiger partial charge is 0.480 e. The number of rotatable bonds is 4. The Labute approximate surface area is 112 Å². The van der Waals surface area contributed by atoms with Gasteiger partial charge < -0.3 is 15.5 Å². The van der Waals surface area contributed by atoms with Crippen molar-refractivity contribution in [2.45, 2.75) is 25.2 Å². The molecule has 5 nitrogen and oxygen atoms in total. The first-order chi connectivity index (χ1) is 9.16. The average molecular weight is 288 g/mol. The number of nitrogens with one attached hydrogen (secondary N) is 1. The number of aliphatic carboxylic acids is 1. The monoisotopic (exact) mass is 288 g/mol. The molecule has 0 aromatic heterocycles. The standard InChI is InChI=1S/C12H11F3N2O3/c1-6(18)10(11(19)20)17-7-3-4-9(16-2)8(5-7)12(13,14)15/h3-6,10,17-18H,1H3,(H,19,20)/t6-,10-/m1/s1. The highest BCUT2D eigenvalue weighted by molar-refractivity contribution is 5.78. The molecule has 2 atom stereocenters. The third kappa shape index (κ3) is 3.61. The highest BCUT2D eigenvalue weighted by Crippen LogP contribution is 2.38. The first-order valence-electron chi connectivity index (χ1n) is 5.43. The Kier molecular flexibility index (Phi) is 4.57. The van der Waals surface area contributed by atoms with E-state index in [0.717, 1.165) is 12.1 Å². The minimum atomic E-state index is -4.72. The van der Waals surface area contributed by atoms with Gasteiger partial charge in [0.25, 0.3) is 0 Å². The molecule has 0 amide bonds. The van der Waals surface area contributed by atoms with E-state index >= 15 is 0 Å². The summed E-state index contributed by atoms with van der Waals surface area (Å²) >= 11 is 0. The van der Waals surface area contributed by atoms with Crippen molar-refractivity contribution >= 4 is 17.3 Å². The number of nitrogens with zero attached hydrogens (tertiary/aromatic N) is 1. The van der Waals surface area contributed by atoms with Gasteiger partial charge in [0.1, 0.15) is 0 Å². The summed E-state index contributed by atoms with van der Waals surface area (Å²) in [6.07, 6.45) is -6.02. The van der Waals surface area contributed by atoms with E-state index in [-0.39, 0.29) is 5.69 Å². The fraction of sp³-hybridized carbons (Fsp3) is 0.333. The number of anilines is 1. The van der Waals surface area contributed by atoms with E-state index < -0.39 is 35.5 Å². The highest BCUT2D eigenvalue weighted by atomic mass is 19.4. The van der Waals surface area contributed by atoms with Gasteiger partial charge in [0, 0.05) is 5.69 Å². The fourth-order valence-corrected chi connectivity index (χ4v) is 1.52. The van der Waals surface area contributed by atoms with Crippen LogP contribution < -0.4 is 5.32 Å². The second-order valence-corrected chi connectivity index (χ2v) is 4.04. The topological polar surface area (TPSA) is 73.9 Å². The SMILES string of the molecule is [C-]#[N+]c1ccc(N[C@@H](C(=O)O)[C@@H](C)O)cc1C(F)(F)F. The molecule has 0 radical (unpaired) electrons. The maximum absolute atomic E-state index is 12.7. The van der Waals surface area contributed by atoms with Crippen molar-refractivity contribution in [2.75, 3.05) is 5.32 Å². The molecule has 8 heteroatoms. The van der Waals surface area contributed by atoms with Crippen LogP contribution in [0.2, 0.25) is 0 Å². The zero-order valence-electron chi connectivity index (χ0n) is 10.3. The fourth-order valence-electron chi connectivity index (χ4n) is 1.52. The molecule has 0 spiro atoms. The molecule has 0 aliphatic carbocycles. The number of carbonyl (C=O) groups is 1. The molecule has 0 saturated heterocycles. The zero-order valence-corrected chi connectivity index (χ0v) is 10.3. The zero-order chi connectivity index (χ0) is 15.5. The van der Waals surface area contributed by atoms with Gasteiger partial charge >= 0.3 is 12.1 Å². The lowest BCUT2D eigenvalue weighted by Gasteiger charge is -2.19. The van der Waals surface area contributed by atoms with Gasteiger partial charge in [-0.15, -0.1) is 0 Å². The number of carboxylic acid groups (broad SMARTS) is 1. The lowest BCUT2D eigenvalue weighted by molar-refractivity contribution is -0.140. The van der Waals surface area contributed by atoms with Gasteiger partial charge in [-0.25, -0.2) is 9.64 Å². The third-order valence-corrected chi connectivity index (χ3v) is 2.49. The minimum Gasteiger partial charge on any atom is -0.480 e. The van der Waals surface area contributed by atoms with Crippen molar-refractivity contribution < 1.29 is 28.2 Å². The first kappa shape index (κ1) is 15.8. The summed E-state index contributed by atoms with van der Waals surface area (Å²) in [6, 6.07) is 1.29. The summed E-state index contributed by atoms with van der Waals surface area (Å²) in [5.74, 6) is -1.40. The normalized spacial score (nSPS) is 14.2. The van der Waals surface area contributed by atoms with E-state index in [9.17, 15) is 23.1 Å². The molecular formula is C12H11F3N2O3. The van der Waals surface area contributed by atoms with Gasteiger partial charge in [0.2, 0.25) is 0 Å². The molecule has 0 saturated carbocycles. The Balaban J connectivity index is 3.16. The second-order valence-electron chi connectivity index (χ2n) is 4.04. The molecule has 1 aromatic carbocycles. The summed E-state index contributed by atoms with van der Waals surface area (Å²) in [7, 11) is 0. The molecule has 1 aromatic rings. The van der Waals surface area contributed by atoms with Crippen molar-refractivity contribution in [1.82, 2.24) is 0 Å². The van der Waals surface area contributed by atoms with Crippen LogP contribution in [0.3, 0.4) is 0 Å². The van der Waals surface area contributed by atoms with Crippen LogP contribution in [0.1, 0.15) is 12.5 Å². The predicted molar refractivity (Wildman–Crippen MR) is 64.4 cm³/mol. The quantitative estimate of drug-likeness (QED) is 0.744. The van der Waals surface area contributed by atoms with E-state index in [1.54, 1.807) is 0 Å². The Hall–Kier alpha value is -2.27. The molecule has 1 rings (SSSR count). The number of hydrogen-bond acceptors (Lipinski definition) is 3. The van der Waals surface area contributed by atoms with Crippen molar-refractivity contribution in [1.29, 1.82) is 0 Å². The Morgan fingerprint density at radius 2 is 2.05 bits per heavy atom. The lowest BCUT2D eigenvalue weighted by atomic mass is 10.1. The minimum absolute atomic E-state index is 0.141. The molecule has 3 N–H and O–H groups in total. The average Bonchev–Trinajstić information content (AvgIpc) is 2.33. The van der Waals surface area contributed by atoms with Gasteiger partial charge in [-0.05, 0) is 19.1 Å². The summed E-state index contributed by atoms with van der Waals surface area (Å²) in [6.45, 7) is 7.88. The van der Waals surface area contributed by atoms with Crippen molar-refractivity contribution in [3.8, 4) is 0 Å². The number of benzene rings is 1. The maximum Gasteiger partial charge on any atom is 0.407 e. The van der Waals surface area contributed by atoms with E-state index in [2.05, 4.69) is 10.2 Å². The van der Waals surface area contributed by atoms with Gasteiger partial charge in [0.05, 0.1) is 18.2 Å². The van der Waals surface area contributed by atoms with E-state index in [1.165, 1.54) is 6.92 Å². The van der Waals surface area contributed by atoms with Crippen molar-refractivity contribution in [2.24, 2.45) is 0 Å². The number of hydrogen-bond donors (Lipinski definition) is 3. The molecule has 0 fully saturated rings. The van der Waals surface area contributed by atoms with E-state index in [0.29, 0.717) is 6.07 Å². The van der Waals surface area contributed by atoms with Crippen molar-refractivity contribution in [3.05, 3.63) is 35.2 Å². The Bertz CT molecular complexity index is 550. The smallest absolute Gasteiger partial charge is 0.407 e. The Morgan fingerprint density at radius 3 is 2.45 bits per heavy atom. The van der Waals surface area contributed by atoms with Crippen LogP contribution in [-0.2, 0) is 11.0 Å². The van der Waals surface area contributed by atoms with Crippen LogP contribution >= 0.6 is 0 Å². The summed E-state index contributed by atoms with van der Waals surface area (Å²) in [5.41, 5.74) is -1.88. The molecule has 20 heavy (non-hydrogen) atoms. The van der Waals surface area contributed by atoms with Gasteiger partial charge in [-0.2, -0.15) is 13.2 Å². The number of aliphatic hydroxyl groups is 1. The number of halogens is 3. The van der Waals surface area contributed by atoms with Crippen LogP contribution in [0.5, 0.6) is 0 Å². The van der Waals surface area contributed by atoms with Gasteiger partial charge in [-0.1, -0.05) is 6.07 Å². The third-order valence-electron chi connectivity index (χ3n) is 2.49. The first-order valence-corrected chi connectivity index (χ1v) is 5.43. The number of alkyl halides is 3. The number of aliphatic hydroxyl groups excluding tert-OH is 1. The Morgan fingerprint density at radius 1 is 1.45 bits per heavy atom. The van der Waals surface area contributed by atoms with Crippen LogP contribution in [-0.4, -0.2) is 28.3 Å². The van der Waals surface area contributed by atoms with Crippen LogP contribution in [0, 0.1) is 6.57 Å². The highest BCUT2D eigenvalue weighted by Gasteiger charge is 2.34. The van der Waals surface area contributed by atoms with Gasteiger partial charge in [-0.3, -0.25) is 0 Å².